The lowest BCUT2D eigenvalue weighted by Gasteiger charge is -2.08. The average molecular weight is 366 g/mol. The number of halogens is 1. The Kier molecular flexibility index (Phi) is 3.73. The molecule has 1 fully saturated rings. The summed E-state index contributed by atoms with van der Waals surface area (Å²) in [6.07, 6.45) is 3.42. The summed E-state index contributed by atoms with van der Waals surface area (Å²) in [6, 6.07) is 7.67. The highest BCUT2D eigenvalue weighted by molar-refractivity contribution is 9.10. The van der Waals surface area contributed by atoms with E-state index in [-0.39, 0.29) is 11.1 Å². The fourth-order valence-electron chi connectivity index (χ4n) is 1.70. The third kappa shape index (κ3) is 2.56. The molecule has 1 aliphatic heterocycles. The van der Waals surface area contributed by atoms with Crippen molar-refractivity contribution in [1.29, 1.82) is 5.41 Å². The normalized spacial score (nSPS) is 17.2. The highest BCUT2D eigenvalue weighted by Crippen LogP contribution is 2.35. The third-order valence-corrected chi connectivity index (χ3v) is 4.78. The van der Waals surface area contributed by atoms with E-state index in [4.69, 9.17) is 5.41 Å². The van der Waals surface area contributed by atoms with Gasteiger partial charge in [-0.3, -0.25) is 10.2 Å². The Bertz CT molecular complexity index is 695. The number of nitrogens with one attached hydrogen (secondary N) is 1. The number of rotatable bonds is 2. The second-order valence-corrected chi connectivity index (χ2v) is 6.74. The summed E-state index contributed by atoms with van der Waals surface area (Å²) in [6.45, 7) is 0. The lowest BCUT2D eigenvalue weighted by molar-refractivity contribution is -0.113. The van der Waals surface area contributed by atoms with Gasteiger partial charge in [-0.25, -0.2) is 9.88 Å². The molecule has 2 aromatic rings. The minimum atomic E-state index is -0.196. The molecule has 7 heteroatoms. The van der Waals surface area contributed by atoms with Crippen LogP contribution in [0.5, 0.6) is 0 Å². The molecule has 3 rings (SSSR count). The van der Waals surface area contributed by atoms with E-state index in [0.717, 1.165) is 21.8 Å². The molecular weight excluding hydrogens is 358 g/mol. The molecule has 0 spiro atoms. The first-order valence-corrected chi connectivity index (χ1v) is 8.12. The van der Waals surface area contributed by atoms with E-state index in [2.05, 4.69) is 20.9 Å². The molecule has 1 aromatic heterocycles. The first-order chi connectivity index (χ1) is 9.65. The standard InChI is InChI=1S/C13H8BrN3OS2/c14-9-3-1-8(2-4-9)7-10-11(18)17(12(15)20-10)13-16-5-6-19-13/h1-7,15H/b10-7-,15-12?. The van der Waals surface area contributed by atoms with Gasteiger partial charge in [0, 0.05) is 16.0 Å². The Morgan fingerprint density at radius 3 is 2.70 bits per heavy atom. The van der Waals surface area contributed by atoms with Crippen LogP contribution in [0.25, 0.3) is 6.08 Å². The Labute approximate surface area is 132 Å². The van der Waals surface area contributed by atoms with E-state index in [0.29, 0.717) is 10.0 Å². The van der Waals surface area contributed by atoms with Crippen LogP contribution in [-0.4, -0.2) is 16.1 Å². The van der Waals surface area contributed by atoms with Gasteiger partial charge >= 0.3 is 0 Å². The van der Waals surface area contributed by atoms with Crippen LogP contribution in [0.4, 0.5) is 5.13 Å². The van der Waals surface area contributed by atoms with E-state index in [1.165, 1.54) is 16.2 Å². The molecular formula is C13H8BrN3OS2. The predicted octanol–water partition coefficient (Wildman–Crippen LogP) is 3.96. The van der Waals surface area contributed by atoms with Gasteiger partial charge in [-0.15, -0.1) is 11.3 Å². The van der Waals surface area contributed by atoms with Crippen LogP contribution < -0.4 is 4.90 Å². The molecule has 0 saturated carbocycles. The average Bonchev–Trinajstić information content (AvgIpc) is 3.02. The van der Waals surface area contributed by atoms with Gasteiger partial charge in [-0.2, -0.15) is 0 Å². The fraction of sp³-hybridized carbons (Fsp3) is 0. The maximum Gasteiger partial charge on any atom is 0.273 e. The first kappa shape index (κ1) is 13.5. The quantitative estimate of drug-likeness (QED) is 0.819. The van der Waals surface area contributed by atoms with E-state index in [1.54, 1.807) is 17.7 Å². The number of thioether (sulfide) groups is 1. The molecule has 20 heavy (non-hydrogen) atoms. The van der Waals surface area contributed by atoms with Gasteiger partial charge in [0.1, 0.15) is 0 Å². The molecule has 4 nitrogen and oxygen atoms in total. The van der Waals surface area contributed by atoms with Crippen LogP contribution >= 0.6 is 39.0 Å². The van der Waals surface area contributed by atoms with Gasteiger partial charge in [0.05, 0.1) is 4.91 Å². The number of hydrogen-bond donors (Lipinski definition) is 1. The van der Waals surface area contributed by atoms with Crippen molar-refractivity contribution in [3.63, 3.8) is 0 Å². The SMILES string of the molecule is N=C1S/C(=C\c2ccc(Br)cc2)C(=O)N1c1nccs1. The third-order valence-electron chi connectivity index (χ3n) is 2.60. The van der Waals surface area contributed by atoms with Crippen molar-refractivity contribution >= 4 is 61.3 Å². The summed E-state index contributed by atoms with van der Waals surface area (Å²) in [5, 5.41) is 10.4. The lowest BCUT2D eigenvalue weighted by Crippen LogP contribution is -2.27. The lowest BCUT2D eigenvalue weighted by atomic mass is 10.2. The maximum atomic E-state index is 12.3. The Morgan fingerprint density at radius 2 is 2.05 bits per heavy atom. The molecule has 1 saturated heterocycles. The number of nitrogens with zero attached hydrogens (tertiary/aromatic N) is 2. The molecule has 1 amide bonds. The van der Waals surface area contributed by atoms with Crippen molar-refractivity contribution in [3.8, 4) is 0 Å². The molecule has 0 bridgehead atoms. The van der Waals surface area contributed by atoms with E-state index >= 15 is 0 Å². The highest BCUT2D eigenvalue weighted by Gasteiger charge is 2.34. The molecule has 0 unspecified atom stereocenters. The van der Waals surface area contributed by atoms with Crippen LogP contribution in [0, 0.1) is 5.41 Å². The second-order valence-electron chi connectivity index (χ2n) is 3.92. The number of amides is 1. The zero-order chi connectivity index (χ0) is 14.1. The van der Waals surface area contributed by atoms with Crippen molar-refractivity contribution in [3.05, 3.63) is 50.8 Å². The van der Waals surface area contributed by atoms with Crippen LogP contribution in [0.2, 0.25) is 0 Å². The second kappa shape index (κ2) is 5.51. The van der Waals surface area contributed by atoms with E-state index in [1.807, 2.05) is 24.3 Å². The Morgan fingerprint density at radius 1 is 1.30 bits per heavy atom. The van der Waals surface area contributed by atoms with Crippen molar-refractivity contribution < 1.29 is 4.79 Å². The summed E-state index contributed by atoms with van der Waals surface area (Å²) < 4.78 is 0.988. The number of thiazole rings is 1. The van der Waals surface area contributed by atoms with Crippen molar-refractivity contribution in [1.82, 2.24) is 4.98 Å². The van der Waals surface area contributed by atoms with Crippen LogP contribution in [0.1, 0.15) is 5.56 Å². The summed E-state index contributed by atoms with van der Waals surface area (Å²) in [5.74, 6) is -0.196. The van der Waals surface area contributed by atoms with Crippen molar-refractivity contribution in [2.45, 2.75) is 0 Å². The summed E-state index contributed by atoms with van der Waals surface area (Å²) in [7, 11) is 0. The topological polar surface area (TPSA) is 57.1 Å². The molecule has 1 aromatic carbocycles. The number of hydrogen-bond acceptors (Lipinski definition) is 5. The number of amidine groups is 1. The van der Waals surface area contributed by atoms with Gasteiger partial charge in [-0.1, -0.05) is 28.1 Å². The smallest absolute Gasteiger partial charge is 0.273 e. The fourth-order valence-corrected chi connectivity index (χ4v) is 3.51. The van der Waals surface area contributed by atoms with Crippen LogP contribution in [0.15, 0.2) is 45.2 Å². The van der Waals surface area contributed by atoms with E-state index < -0.39 is 0 Å². The number of aromatic nitrogens is 1. The van der Waals surface area contributed by atoms with Gasteiger partial charge in [0.2, 0.25) is 0 Å². The molecule has 1 N–H and O–H groups in total. The van der Waals surface area contributed by atoms with Crippen LogP contribution in [-0.2, 0) is 4.79 Å². The predicted molar refractivity (Wildman–Crippen MR) is 87.0 cm³/mol. The number of carbonyl (C=O) groups is 1. The molecule has 0 radical (unpaired) electrons. The van der Waals surface area contributed by atoms with Gasteiger partial charge in [-0.05, 0) is 35.5 Å². The Hall–Kier alpha value is -1.44. The Balaban J connectivity index is 1.91. The first-order valence-electron chi connectivity index (χ1n) is 5.63. The highest BCUT2D eigenvalue weighted by atomic mass is 79.9. The van der Waals surface area contributed by atoms with E-state index in [9.17, 15) is 4.79 Å². The molecule has 0 aliphatic carbocycles. The number of carbonyl (C=O) groups excluding carboxylic acids is 1. The molecule has 100 valence electrons. The maximum absolute atomic E-state index is 12.3. The summed E-state index contributed by atoms with van der Waals surface area (Å²) >= 11 is 5.87. The summed E-state index contributed by atoms with van der Waals surface area (Å²) in [5.41, 5.74) is 0.929. The number of benzene rings is 1. The van der Waals surface area contributed by atoms with Gasteiger partial charge < -0.3 is 0 Å². The summed E-state index contributed by atoms with van der Waals surface area (Å²) in [4.78, 5) is 18.3. The zero-order valence-corrected chi connectivity index (χ0v) is 13.3. The molecule has 2 heterocycles. The minimum absolute atomic E-state index is 0.188. The van der Waals surface area contributed by atoms with Crippen molar-refractivity contribution in [2.24, 2.45) is 0 Å². The van der Waals surface area contributed by atoms with Gasteiger partial charge in [0.25, 0.3) is 5.91 Å². The zero-order valence-electron chi connectivity index (χ0n) is 10.0. The molecule has 0 atom stereocenters. The monoisotopic (exact) mass is 365 g/mol. The van der Waals surface area contributed by atoms with Gasteiger partial charge in [0.15, 0.2) is 10.3 Å². The largest absolute Gasteiger partial charge is 0.278 e. The van der Waals surface area contributed by atoms with Crippen molar-refractivity contribution in [2.75, 3.05) is 4.90 Å². The molecule has 1 aliphatic rings. The minimum Gasteiger partial charge on any atom is -0.278 e. The number of anilines is 1. The van der Waals surface area contributed by atoms with Crippen LogP contribution in [0.3, 0.4) is 0 Å².